The predicted molar refractivity (Wildman–Crippen MR) is 161 cm³/mol. The molecule has 3 aliphatic rings. The van der Waals surface area contributed by atoms with Crippen LogP contribution in [0, 0.1) is 5.41 Å². The summed E-state index contributed by atoms with van der Waals surface area (Å²) in [6.45, 7) is 11.3. The summed E-state index contributed by atoms with van der Waals surface area (Å²) in [7, 11) is 0. The minimum absolute atomic E-state index is 0.0928. The van der Waals surface area contributed by atoms with Gasteiger partial charge in [0.2, 0.25) is 0 Å². The average molecular weight is 549 g/mol. The average Bonchev–Trinajstić information content (AvgIpc) is 2.95. The molecule has 0 bridgehead atoms. The summed E-state index contributed by atoms with van der Waals surface area (Å²) in [6, 6.07) is 13.0. The van der Waals surface area contributed by atoms with E-state index in [1.807, 2.05) is 0 Å². The third-order valence-corrected chi connectivity index (χ3v) is 9.10. The summed E-state index contributed by atoms with van der Waals surface area (Å²) in [5.41, 5.74) is 5.19. The zero-order valence-corrected chi connectivity index (χ0v) is 24.5. The molecule has 0 unspecified atom stereocenters. The molecule has 0 saturated carbocycles. The first-order valence-corrected chi connectivity index (χ1v) is 15.5. The second kappa shape index (κ2) is 13.3. The molecule has 0 amide bonds. The van der Waals surface area contributed by atoms with Crippen molar-refractivity contribution >= 4 is 17.5 Å². The molecule has 218 valence electrons. The monoisotopic (exact) mass is 548 g/mol. The van der Waals surface area contributed by atoms with Crippen LogP contribution < -0.4 is 10.2 Å². The SMILES string of the molecule is CC1(C)CCN(c2cccc([C@@H](CO[C@@H]3CCCN(CCCc4ccc5c(n4)NCCC5)C3)CC(=O)O)c2)CC1. The number of hydrogen-bond donors (Lipinski definition) is 2. The molecule has 2 saturated heterocycles. The fraction of sp³-hybridized carbons (Fsp3) is 0.636. The van der Waals surface area contributed by atoms with Crippen molar-refractivity contribution in [1.82, 2.24) is 9.88 Å². The van der Waals surface area contributed by atoms with E-state index in [0.29, 0.717) is 12.0 Å². The quantitative estimate of drug-likeness (QED) is 0.371. The van der Waals surface area contributed by atoms with Crippen LogP contribution in [-0.2, 0) is 22.4 Å². The van der Waals surface area contributed by atoms with Crippen LogP contribution in [-0.4, -0.2) is 72.9 Å². The Bertz CT molecular complexity index is 1130. The van der Waals surface area contributed by atoms with Crippen LogP contribution in [0.15, 0.2) is 36.4 Å². The number of anilines is 2. The van der Waals surface area contributed by atoms with Crippen LogP contribution in [0.5, 0.6) is 0 Å². The van der Waals surface area contributed by atoms with Gasteiger partial charge in [-0.2, -0.15) is 0 Å². The largest absolute Gasteiger partial charge is 0.481 e. The van der Waals surface area contributed by atoms with Gasteiger partial charge in [0.1, 0.15) is 5.82 Å². The minimum atomic E-state index is -0.769. The van der Waals surface area contributed by atoms with Crippen LogP contribution in [0.25, 0.3) is 0 Å². The van der Waals surface area contributed by atoms with E-state index < -0.39 is 5.97 Å². The molecule has 5 rings (SSSR count). The lowest BCUT2D eigenvalue weighted by Crippen LogP contribution is -2.40. The number of likely N-dealkylation sites (tertiary alicyclic amines) is 1. The van der Waals surface area contributed by atoms with Gasteiger partial charge in [0, 0.05) is 43.5 Å². The number of piperidine rings is 2. The van der Waals surface area contributed by atoms with E-state index in [1.54, 1.807) is 0 Å². The fourth-order valence-electron chi connectivity index (χ4n) is 6.43. The minimum Gasteiger partial charge on any atom is -0.481 e. The van der Waals surface area contributed by atoms with Crippen LogP contribution in [0.3, 0.4) is 0 Å². The fourth-order valence-corrected chi connectivity index (χ4v) is 6.43. The molecule has 2 atom stereocenters. The third-order valence-electron chi connectivity index (χ3n) is 9.10. The Labute approximate surface area is 240 Å². The molecule has 3 aliphatic heterocycles. The molecule has 2 aromatic rings. The molecule has 0 aliphatic carbocycles. The summed E-state index contributed by atoms with van der Waals surface area (Å²) in [5, 5.41) is 13.1. The van der Waals surface area contributed by atoms with Gasteiger partial charge < -0.3 is 25.0 Å². The van der Waals surface area contributed by atoms with Crippen molar-refractivity contribution in [2.75, 3.05) is 56.1 Å². The molecule has 7 nitrogen and oxygen atoms in total. The van der Waals surface area contributed by atoms with E-state index in [1.165, 1.54) is 36.2 Å². The molecule has 2 fully saturated rings. The van der Waals surface area contributed by atoms with Gasteiger partial charge in [-0.25, -0.2) is 4.98 Å². The summed E-state index contributed by atoms with van der Waals surface area (Å²) in [5.74, 6) is 0.171. The van der Waals surface area contributed by atoms with Crippen molar-refractivity contribution in [3.05, 3.63) is 53.2 Å². The van der Waals surface area contributed by atoms with Gasteiger partial charge in [0.05, 0.1) is 19.1 Å². The van der Waals surface area contributed by atoms with E-state index in [4.69, 9.17) is 9.72 Å². The van der Waals surface area contributed by atoms with Crippen LogP contribution in [0.4, 0.5) is 11.5 Å². The highest BCUT2D eigenvalue weighted by atomic mass is 16.5. The predicted octanol–water partition coefficient (Wildman–Crippen LogP) is 5.74. The standard InChI is InChI=1S/C33H48N4O3/c1-33(2)14-19-37(20-15-33)29-10-3-7-26(21-29)27(22-31(38)39)24-40-30-11-6-18-36(23-30)17-5-9-28-13-12-25-8-4-16-34-32(25)35-28/h3,7,10,12-13,21,27,30H,4-6,8-9,11,14-20,22-24H2,1-2H3,(H,34,35)(H,38,39)/t27-,30-/m1/s1. The number of aromatic nitrogens is 1. The summed E-state index contributed by atoms with van der Waals surface area (Å²) in [6.07, 6.45) is 9.15. The lowest BCUT2D eigenvalue weighted by molar-refractivity contribution is -0.138. The van der Waals surface area contributed by atoms with Gasteiger partial charge in [0.15, 0.2) is 0 Å². The van der Waals surface area contributed by atoms with Crippen molar-refractivity contribution < 1.29 is 14.6 Å². The Balaban J connectivity index is 1.12. The van der Waals surface area contributed by atoms with Crippen molar-refractivity contribution in [2.24, 2.45) is 5.41 Å². The lowest BCUT2D eigenvalue weighted by atomic mass is 9.82. The molecule has 40 heavy (non-hydrogen) atoms. The van der Waals surface area contributed by atoms with Gasteiger partial charge in [-0.15, -0.1) is 0 Å². The van der Waals surface area contributed by atoms with Gasteiger partial charge in [-0.05, 0) is 99.2 Å². The first kappa shape index (κ1) is 28.9. The number of aliphatic carboxylic acids is 1. The maximum Gasteiger partial charge on any atom is 0.304 e. The number of carboxylic acid groups (broad SMARTS) is 1. The number of nitrogens with one attached hydrogen (secondary N) is 1. The zero-order valence-electron chi connectivity index (χ0n) is 24.5. The van der Waals surface area contributed by atoms with Gasteiger partial charge in [-0.3, -0.25) is 4.79 Å². The van der Waals surface area contributed by atoms with Crippen molar-refractivity contribution in [3.8, 4) is 0 Å². The maximum atomic E-state index is 11.8. The highest BCUT2D eigenvalue weighted by Gasteiger charge is 2.27. The molecule has 4 heterocycles. The zero-order chi connectivity index (χ0) is 28.0. The Morgan fingerprint density at radius 1 is 1.18 bits per heavy atom. The van der Waals surface area contributed by atoms with Crippen molar-refractivity contribution in [2.45, 2.75) is 83.7 Å². The third kappa shape index (κ3) is 7.97. The number of rotatable bonds is 11. The van der Waals surface area contributed by atoms with Crippen LogP contribution in [0.2, 0.25) is 0 Å². The highest BCUT2D eigenvalue weighted by Crippen LogP contribution is 2.33. The number of carboxylic acids is 1. The Kier molecular flexibility index (Phi) is 9.63. The van der Waals surface area contributed by atoms with E-state index >= 15 is 0 Å². The first-order chi connectivity index (χ1) is 19.3. The summed E-state index contributed by atoms with van der Waals surface area (Å²) < 4.78 is 6.43. The Morgan fingerprint density at radius 2 is 2.02 bits per heavy atom. The smallest absolute Gasteiger partial charge is 0.304 e. The van der Waals surface area contributed by atoms with Crippen molar-refractivity contribution in [1.29, 1.82) is 0 Å². The van der Waals surface area contributed by atoms with E-state index in [0.717, 1.165) is 82.8 Å². The highest BCUT2D eigenvalue weighted by molar-refractivity contribution is 5.68. The number of nitrogens with zero attached hydrogens (tertiary/aromatic N) is 3. The van der Waals surface area contributed by atoms with Crippen LogP contribution in [0.1, 0.15) is 81.5 Å². The first-order valence-electron chi connectivity index (χ1n) is 15.5. The number of ether oxygens (including phenoxy) is 1. The van der Waals surface area contributed by atoms with E-state index in [9.17, 15) is 9.90 Å². The molecule has 7 heteroatoms. The number of fused-ring (bicyclic) bond motifs is 1. The summed E-state index contributed by atoms with van der Waals surface area (Å²) in [4.78, 5) is 21.6. The number of pyridine rings is 1. The molecule has 2 N–H and O–H groups in total. The molecular weight excluding hydrogens is 500 g/mol. The van der Waals surface area contributed by atoms with Gasteiger partial charge >= 0.3 is 5.97 Å². The van der Waals surface area contributed by atoms with Gasteiger partial charge in [-0.1, -0.05) is 32.0 Å². The second-order valence-corrected chi connectivity index (χ2v) is 12.9. The molecule has 0 spiro atoms. The number of hydrogen-bond acceptors (Lipinski definition) is 6. The van der Waals surface area contributed by atoms with Crippen LogP contribution >= 0.6 is 0 Å². The number of carbonyl (C=O) groups is 1. The van der Waals surface area contributed by atoms with E-state index in [2.05, 4.69) is 65.4 Å². The van der Waals surface area contributed by atoms with Gasteiger partial charge in [0.25, 0.3) is 0 Å². The maximum absolute atomic E-state index is 11.8. The summed E-state index contributed by atoms with van der Waals surface area (Å²) >= 11 is 0. The second-order valence-electron chi connectivity index (χ2n) is 12.9. The molecule has 1 aromatic carbocycles. The van der Waals surface area contributed by atoms with E-state index in [-0.39, 0.29) is 18.4 Å². The lowest BCUT2D eigenvalue weighted by Gasteiger charge is -2.38. The Hall–Kier alpha value is -2.64. The molecule has 0 radical (unpaired) electrons. The molecular formula is C33H48N4O3. The molecule has 1 aromatic heterocycles. The normalized spacial score (nSPS) is 21.9. The number of benzene rings is 1. The Morgan fingerprint density at radius 3 is 2.85 bits per heavy atom. The van der Waals surface area contributed by atoms with Crippen molar-refractivity contribution in [3.63, 3.8) is 0 Å². The topological polar surface area (TPSA) is 77.9 Å². The number of aryl methyl sites for hydroxylation is 2.